The van der Waals surface area contributed by atoms with E-state index in [1.165, 1.54) is 7.11 Å². The van der Waals surface area contributed by atoms with Crippen molar-refractivity contribution in [3.8, 4) is 0 Å². The van der Waals surface area contributed by atoms with Gasteiger partial charge in [-0.05, 0) is 24.1 Å². The fraction of sp³-hybridized carbons (Fsp3) is 0.400. The maximum Gasteiger partial charge on any atom is 0.314 e. The number of rotatable bonds is 3. The lowest BCUT2D eigenvalue weighted by Gasteiger charge is -2.14. The Hall–Kier alpha value is -1.42. The molecule has 0 aromatic carbocycles. The predicted octanol–water partition coefficient (Wildman–Crippen LogP) is 0.605. The van der Waals surface area contributed by atoms with Crippen molar-refractivity contribution >= 4 is 5.97 Å². The van der Waals surface area contributed by atoms with Crippen LogP contribution in [0, 0.1) is 6.92 Å². The summed E-state index contributed by atoms with van der Waals surface area (Å²) >= 11 is 0. The molecular weight excluding hydrogens is 180 g/mol. The van der Waals surface area contributed by atoms with E-state index in [1.54, 1.807) is 12.4 Å². The van der Waals surface area contributed by atoms with Crippen molar-refractivity contribution in [3.63, 3.8) is 0 Å². The number of nitrogens with zero attached hydrogens (tertiary/aromatic N) is 1. The van der Waals surface area contributed by atoms with Crippen LogP contribution in [0.1, 0.15) is 17.0 Å². The molecule has 0 fully saturated rings. The van der Waals surface area contributed by atoms with Crippen LogP contribution in [0.5, 0.6) is 0 Å². The third-order valence-corrected chi connectivity index (χ3v) is 2.18. The lowest BCUT2D eigenvalue weighted by Crippen LogP contribution is -2.23. The van der Waals surface area contributed by atoms with Crippen molar-refractivity contribution < 1.29 is 9.53 Å². The number of hydrogen-bond acceptors (Lipinski definition) is 4. The molecule has 1 rings (SSSR count). The maximum atomic E-state index is 11.4. The van der Waals surface area contributed by atoms with Gasteiger partial charge in [0.1, 0.15) is 0 Å². The van der Waals surface area contributed by atoms with Gasteiger partial charge in [-0.3, -0.25) is 9.78 Å². The summed E-state index contributed by atoms with van der Waals surface area (Å²) in [6.45, 7) is 2.15. The maximum absolute atomic E-state index is 11.4. The molecule has 2 N–H and O–H groups in total. The van der Waals surface area contributed by atoms with Gasteiger partial charge in [-0.1, -0.05) is 0 Å². The highest BCUT2D eigenvalue weighted by Gasteiger charge is 2.21. The monoisotopic (exact) mass is 194 g/mol. The van der Waals surface area contributed by atoms with Crippen LogP contribution in [0.2, 0.25) is 0 Å². The molecule has 1 heterocycles. The highest BCUT2D eigenvalue weighted by molar-refractivity contribution is 5.78. The van der Waals surface area contributed by atoms with E-state index in [2.05, 4.69) is 9.72 Å². The van der Waals surface area contributed by atoms with Crippen LogP contribution in [0.25, 0.3) is 0 Å². The van der Waals surface area contributed by atoms with Crippen molar-refractivity contribution in [2.75, 3.05) is 13.7 Å². The molecule has 1 atom stereocenters. The summed E-state index contributed by atoms with van der Waals surface area (Å²) in [5.41, 5.74) is 7.36. The summed E-state index contributed by atoms with van der Waals surface area (Å²) < 4.78 is 4.67. The molecular formula is C10H14N2O2. The zero-order chi connectivity index (χ0) is 10.6. The van der Waals surface area contributed by atoms with Crippen LogP contribution in [0.15, 0.2) is 18.5 Å². The van der Waals surface area contributed by atoms with E-state index >= 15 is 0 Å². The SMILES string of the molecule is COC(=O)C(CN)c1cnccc1C. The number of hydrogen-bond donors (Lipinski definition) is 1. The molecule has 0 amide bonds. The molecule has 76 valence electrons. The Balaban J connectivity index is 3.01. The Labute approximate surface area is 83.1 Å². The highest BCUT2D eigenvalue weighted by atomic mass is 16.5. The molecule has 0 radical (unpaired) electrons. The molecule has 0 saturated heterocycles. The van der Waals surface area contributed by atoms with Gasteiger partial charge < -0.3 is 10.5 Å². The summed E-state index contributed by atoms with van der Waals surface area (Å²) in [7, 11) is 1.36. The van der Waals surface area contributed by atoms with Crippen LogP contribution in [0.4, 0.5) is 0 Å². The van der Waals surface area contributed by atoms with Gasteiger partial charge in [-0.25, -0.2) is 0 Å². The van der Waals surface area contributed by atoms with Gasteiger partial charge in [-0.2, -0.15) is 0 Å². The molecule has 4 heteroatoms. The van der Waals surface area contributed by atoms with Crippen LogP contribution < -0.4 is 5.73 Å². The molecule has 1 aromatic heterocycles. The quantitative estimate of drug-likeness (QED) is 0.716. The van der Waals surface area contributed by atoms with Gasteiger partial charge in [-0.15, -0.1) is 0 Å². The zero-order valence-corrected chi connectivity index (χ0v) is 8.36. The molecule has 0 aliphatic heterocycles. The number of carbonyl (C=O) groups is 1. The van der Waals surface area contributed by atoms with Crippen molar-refractivity contribution in [1.29, 1.82) is 0 Å². The zero-order valence-electron chi connectivity index (χ0n) is 8.36. The topological polar surface area (TPSA) is 65.2 Å². The molecule has 0 aliphatic carbocycles. The van der Waals surface area contributed by atoms with Gasteiger partial charge in [0, 0.05) is 18.9 Å². The Morgan fingerprint density at radius 2 is 2.43 bits per heavy atom. The van der Waals surface area contributed by atoms with E-state index in [1.807, 2.05) is 13.0 Å². The number of ether oxygens (including phenoxy) is 1. The number of aromatic nitrogens is 1. The van der Waals surface area contributed by atoms with Crippen LogP contribution in [-0.2, 0) is 9.53 Å². The van der Waals surface area contributed by atoms with Crippen LogP contribution in [-0.4, -0.2) is 24.6 Å². The first kappa shape index (κ1) is 10.7. The summed E-state index contributed by atoms with van der Waals surface area (Å²) in [6, 6.07) is 1.85. The van der Waals surface area contributed by atoms with Gasteiger partial charge in [0.15, 0.2) is 0 Å². The van der Waals surface area contributed by atoms with Crippen molar-refractivity contribution in [3.05, 3.63) is 29.6 Å². The van der Waals surface area contributed by atoms with E-state index in [4.69, 9.17) is 5.73 Å². The molecule has 1 aromatic rings. The largest absolute Gasteiger partial charge is 0.469 e. The number of methoxy groups -OCH3 is 1. The normalized spacial score (nSPS) is 12.2. The minimum Gasteiger partial charge on any atom is -0.469 e. The molecule has 1 unspecified atom stereocenters. The fourth-order valence-electron chi connectivity index (χ4n) is 1.33. The molecule has 0 aliphatic rings. The summed E-state index contributed by atoms with van der Waals surface area (Å²) in [5.74, 6) is -0.725. The number of carbonyl (C=O) groups excluding carboxylic acids is 1. The Kier molecular flexibility index (Phi) is 3.59. The second-order valence-corrected chi connectivity index (χ2v) is 3.04. The minimum absolute atomic E-state index is 0.235. The average Bonchev–Trinajstić information content (AvgIpc) is 2.21. The van der Waals surface area contributed by atoms with E-state index in [-0.39, 0.29) is 12.5 Å². The lowest BCUT2D eigenvalue weighted by atomic mass is 9.97. The van der Waals surface area contributed by atoms with E-state index in [0.717, 1.165) is 11.1 Å². The third kappa shape index (κ3) is 2.09. The third-order valence-electron chi connectivity index (χ3n) is 2.18. The first-order valence-corrected chi connectivity index (χ1v) is 4.39. The number of pyridine rings is 1. The average molecular weight is 194 g/mol. The van der Waals surface area contributed by atoms with Crippen LogP contribution in [0.3, 0.4) is 0 Å². The van der Waals surface area contributed by atoms with E-state index in [0.29, 0.717) is 0 Å². The van der Waals surface area contributed by atoms with E-state index < -0.39 is 5.92 Å². The van der Waals surface area contributed by atoms with Crippen molar-refractivity contribution in [2.45, 2.75) is 12.8 Å². The Bertz CT molecular complexity index is 326. The number of aryl methyl sites for hydroxylation is 1. The molecule has 14 heavy (non-hydrogen) atoms. The molecule has 4 nitrogen and oxygen atoms in total. The summed E-state index contributed by atoms with van der Waals surface area (Å²) in [6.07, 6.45) is 3.34. The number of nitrogens with two attached hydrogens (primary N) is 1. The van der Waals surface area contributed by atoms with Gasteiger partial charge in [0.25, 0.3) is 0 Å². The number of esters is 1. The molecule has 0 saturated carbocycles. The Morgan fingerprint density at radius 3 is 2.93 bits per heavy atom. The minimum atomic E-state index is -0.409. The second-order valence-electron chi connectivity index (χ2n) is 3.04. The van der Waals surface area contributed by atoms with E-state index in [9.17, 15) is 4.79 Å². The smallest absolute Gasteiger partial charge is 0.314 e. The standard InChI is InChI=1S/C10H14N2O2/c1-7-3-4-12-6-9(7)8(5-11)10(13)14-2/h3-4,6,8H,5,11H2,1-2H3. The molecule has 0 bridgehead atoms. The van der Waals surface area contributed by atoms with Crippen molar-refractivity contribution in [2.24, 2.45) is 5.73 Å². The highest BCUT2D eigenvalue weighted by Crippen LogP contribution is 2.18. The van der Waals surface area contributed by atoms with Gasteiger partial charge in [0.05, 0.1) is 13.0 Å². The predicted molar refractivity (Wildman–Crippen MR) is 52.8 cm³/mol. The summed E-state index contributed by atoms with van der Waals surface area (Å²) in [4.78, 5) is 15.3. The Morgan fingerprint density at radius 1 is 1.71 bits per heavy atom. The molecule has 0 spiro atoms. The van der Waals surface area contributed by atoms with Crippen molar-refractivity contribution in [1.82, 2.24) is 4.98 Å². The second kappa shape index (κ2) is 4.72. The summed E-state index contributed by atoms with van der Waals surface area (Å²) in [5, 5.41) is 0. The fourth-order valence-corrected chi connectivity index (χ4v) is 1.33. The lowest BCUT2D eigenvalue weighted by molar-refractivity contribution is -0.142. The first-order valence-electron chi connectivity index (χ1n) is 4.39. The van der Waals surface area contributed by atoms with Crippen LogP contribution >= 0.6 is 0 Å². The first-order chi connectivity index (χ1) is 6.70. The van der Waals surface area contributed by atoms with Gasteiger partial charge in [0.2, 0.25) is 0 Å². The van der Waals surface area contributed by atoms with Gasteiger partial charge >= 0.3 is 5.97 Å².